The zero-order valence-corrected chi connectivity index (χ0v) is 11.3. The fraction of sp³-hybridized carbons (Fsp3) is 0.286. The van der Waals surface area contributed by atoms with Crippen molar-refractivity contribution in [3.8, 4) is 5.69 Å². The second kappa shape index (κ2) is 4.70. The molecule has 2 aromatic rings. The molecule has 5 heteroatoms. The van der Waals surface area contributed by atoms with Gasteiger partial charge in [-0.3, -0.25) is 4.79 Å². The number of hydrogen-bond donors (Lipinski definition) is 1. The van der Waals surface area contributed by atoms with E-state index in [0.717, 1.165) is 6.42 Å². The first-order valence-corrected chi connectivity index (χ1v) is 6.64. The van der Waals surface area contributed by atoms with Crippen LogP contribution in [0.2, 0.25) is 5.02 Å². The second-order valence-corrected chi connectivity index (χ2v) is 5.30. The molecule has 0 spiro atoms. The molecule has 1 aliphatic carbocycles. The quantitative estimate of drug-likeness (QED) is 0.935. The molecule has 0 saturated heterocycles. The van der Waals surface area contributed by atoms with E-state index in [0.29, 0.717) is 22.3 Å². The Bertz CT molecular complexity index is 609. The summed E-state index contributed by atoms with van der Waals surface area (Å²) in [6.07, 6.45) is 4.44. The summed E-state index contributed by atoms with van der Waals surface area (Å²) in [5, 5.41) is 7.68. The van der Waals surface area contributed by atoms with E-state index in [4.69, 9.17) is 11.6 Å². The molecular formula is C14H14ClN3O. The first kappa shape index (κ1) is 12.2. The summed E-state index contributed by atoms with van der Waals surface area (Å²) in [4.78, 5) is 12.0. The normalized spacial score (nSPS) is 21.2. The summed E-state index contributed by atoms with van der Waals surface area (Å²) < 4.78 is 1.66. The molecule has 1 aromatic carbocycles. The molecule has 1 aromatic heterocycles. The molecule has 4 nitrogen and oxygen atoms in total. The Kier molecular flexibility index (Phi) is 3.03. The van der Waals surface area contributed by atoms with Gasteiger partial charge in [-0.2, -0.15) is 5.10 Å². The fourth-order valence-electron chi connectivity index (χ4n) is 2.16. The lowest BCUT2D eigenvalue weighted by Crippen LogP contribution is -2.16. The Morgan fingerprint density at radius 1 is 1.47 bits per heavy atom. The lowest BCUT2D eigenvalue weighted by atomic mass is 10.2. The largest absolute Gasteiger partial charge is 0.324 e. The number of nitrogens with zero attached hydrogens (tertiary/aromatic N) is 2. The zero-order chi connectivity index (χ0) is 13.4. The Morgan fingerprint density at radius 3 is 2.89 bits per heavy atom. The summed E-state index contributed by atoms with van der Waals surface area (Å²) in [6.45, 7) is 2.08. The van der Waals surface area contributed by atoms with Gasteiger partial charge in [-0.15, -0.1) is 0 Å². The van der Waals surface area contributed by atoms with Crippen LogP contribution in [0.1, 0.15) is 13.3 Å². The maximum Gasteiger partial charge on any atom is 0.227 e. The minimum absolute atomic E-state index is 0.0585. The Morgan fingerprint density at radius 2 is 2.26 bits per heavy atom. The van der Waals surface area contributed by atoms with Crippen LogP contribution in [0.4, 0.5) is 5.69 Å². The van der Waals surface area contributed by atoms with Crippen molar-refractivity contribution in [3.05, 3.63) is 41.7 Å². The lowest BCUT2D eigenvalue weighted by molar-refractivity contribution is -0.117. The highest BCUT2D eigenvalue weighted by atomic mass is 35.5. The van der Waals surface area contributed by atoms with Crippen LogP contribution in [-0.4, -0.2) is 15.7 Å². The van der Waals surface area contributed by atoms with Gasteiger partial charge in [0.05, 0.1) is 10.7 Å². The van der Waals surface area contributed by atoms with Crippen LogP contribution < -0.4 is 5.32 Å². The van der Waals surface area contributed by atoms with E-state index in [1.807, 2.05) is 18.2 Å². The highest BCUT2D eigenvalue weighted by Crippen LogP contribution is 2.39. The average molecular weight is 276 g/mol. The third-order valence-corrected chi connectivity index (χ3v) is 3.73. The highest BCUT2D eigenvalue weighted by Gasteiger charge is 2.39. The van der Waals surface area contributed by atoms with Gasteiger partial charge in [0.1, 0.15) is 5.69 Å². The minimum Gasteiger partial charge on any atom is -0.324 e. The molecular weight excluding hydrogens is 262 g/mol. The third kappa shape index (κ3) is 2.36. The molecule has 0 radical (unpaired) electrons. The molecule has 1 amide bonds. The number of carbonyl (C=O) groups excluding carboxylic acids is 1. The van der Waals surface area contributed by atoms with Crippen LogP contribution in [0.15, 0.2) is 36.7 Å². The molecule has 1 saturated carbocycles. The van der Waals surface area contributed by atoms with E-state index in [1.54, 1.807) is 23.1 Å². The van der Waals surface area contributed by atoms with Crippen LogP contribution in [0.3, 0.4) is 0 Å². The molecule has 2 atom stereocenters. The minimum atomic E-state index is 0.0585. The maximum atomic E-state index is 12.0. The molecule has 0 aliphatic heterocycles. The number of nitrogens with one attached hydrogen (secondary N) is 1. The van der Waals surface area contributed by atoms with E-state index in [2.05, 4.69) is 17.3 Å². The predicted molar refractivity (Wildman–Crippen MR) is 74.5 cm³/mol. The number of benzene rings is 1. The van der Waals surface area contributed by atoms with E-state index in [-0.39, 0.29) is 11.8 Å². The van der Waals surface area contributed by atoms with Crippen molar-refractivity contribution in [2.75, 3.05) is 5.32 Å². The summed E-state index contributed by atoms with van der Waals surface area (Å²) in [5.74, 6) is 0.667. The van der Waals surface area contributed by atoms with Crippen molar-refractivity contribution < 1.29 is 4.79 Å². The Balaban J connectivity index is 1.93. The summed E-state index contributed by atoms with van der Waals surface area (Å²) in [7, 11) is 0. The third-order valence-electron chi connectivity index (χ3n) is 3.42. The standard InChI is InChI=1S/C14H14ClN3O/c1-9-8-10(9)14(19)17-12-5-2-4-11(15)13(12)18-7-3-6-16-18/h2-7,9-10H,8H2,1H3,(H,17,19). The summed E-state index contributed by atoms with van der Waals surface area (Å²) >= 11 is 6.22. The first-order chi connectivity index (χ1) is 9.16. The van der Waals surface area contributed by atoms with Crippen LogP contribution in [0.5, 0.6) is 0 Å². The molecule has 1 N–H and O–H groups in total. The van der Waals surface area contributed by atoms with Gasteiger partial charge in [0, 0.05) is 18.3 Å². The van der Waals surface area contributed by atoms with Crippen molar-refractivity contribution in [1.29, 1.82) is 0 Å². The van der Waals surface area contributed by atoms with Gasteiger partial charge in [0.2, 0.25) is 5.91 Å². The van der Waals surface area contributed by atoms with Crippen molar-refractivity contribution >= 4 is 23.2 Å². The van der Waals surface area contributed by atoms with Crippen LogP contribution in [0.25, 0.3) is 5.69 Å². The number of rotatable bonds is 3. The van der Waals surface area contributed by atoms with Crippen molar-refractivity contribution in [2.45, 2.75) is 13.3 Å². The van der Waals surface area contributed by atoms with E-state index >= 15 is 0 Å². The zero-order valence-electron chi connectivity index (χ0n) is 10.5. The van der Waals surface area contributed by atoms with E-state index < -0.39 is 0 Å². The number of aromatic nitrogens is 2. The number of amides is 1. The SMILES string of the molecule is CC1CC1C(=O)Nc1cccc(Cl)c1-n1cccn1. The summed E-state index contributed by atoms with van der Waals surface area (Å²) in [6, 6.07) is 7.26. The second-order valence-electron chi connectivity index (χ2n) is 4.90. The smallest absolute Gasteiger partial charge is 0.227 e. The molecule has 1 aliphatic rings. The molecule has 2 unspecified atom stereocenters. The van der Waals surface area contributed by atoms with Crippen molar-refractivity contribution in [1.82, 2.24) is 9.78 Å². The van der Waals surface area contributed by atoms with Gasteiger partial charge in [0.15, 0.2) is 0 Å². The predicted octanol–water partition coefficient (Wildman–Crippen LogP) is 3.12. The van der Waals surface area contributed by atoms with E-state index in [9.17, 15) is 4.79 Å². The Hall–Kier alpha value is -1.81. The number of halogens is 1. The van der Waals surface area contributed by atoms with Crippen LogP contribution in [0, 0.1) is 11.8 Å². The topological polar surface area (TPSA) is 46.9 Å². The van der Waals surface area contributed by atoms with Crippen LogP contribution in [-0.2, 0) is 4.79 Å². The van der Waals surface area contributed by atoms with Gasteiger partial charge in [-0.25, -0.2) is 4.68 Å². The highest BCUT2D eigenvalue weighted by molar-refractivity contribution is 6.33. The van der Waals surface area contributed by atoms with Crippen molar-refractivity contribution in [2.24, 2.45) is 11.8 Å². The average Bonchev–Trinajstić information content (AvgIpc) is 2.89. The molecule has 19 heavy (non-hydrogen) atoms. The van der Waals surface area contributed by atoms with Gasteiger partial charge < -0.3 is 5.32 Å². The van der Waals surface area contributed by atoms with Crippen molar-refractivity contribution in [3.63, 3.8) is 0 Å². The van der Waals surface area contributed by atoms with Gasteiger partial charge in [0.25, 0.3) is 0 Å². The van der Waals surface area contributed by atoms with Crippen LogP contribution >= 0.6 is 11.6 Å². The fourth-order valence-corrected chi connectivity index (χ4v) is 2.42. The number of anilines is 1. The van der Waals surface area contributed by atoms with Gasteiger partial charge >= 0.3 is 0 Å². The Labute approximate surface area is 116 Å². The molecule has 3 rings (SSSR count). The number of hydrogen-bond acceptors (Lipinski definition) is 2. The number of carbonyl (C=O) groups is 1. The van der Waals surface area contributed by atoms with Gasteiger partial charge in [-0.1, -0.05) is 24.6 Å². The molecule has 1 heterocycles. The molecule has 1 fully saturated rings. The lowest BCUT2D eigenvalue weighted by Gasteiger charge is -2.12. The molecule has 98 valence electrons. The number of para-hydroxylation sites is 1. The first-order valence-electron chi connectivity index (χ1n) is 6.26. The van der Waals surface area contributed by atoms with E-state index in [1.165, 1.54) is 0 Å². The maximum absolute atomic E-state index is 12.0. The molecule has 0 bridgehead atoms. The summed E-state index contributed by atoms with van der Waals surface area (Å²) in [5.41, 5.74) is 1.40. The monoisotopic (exact) mass is 275 g/mol. The van der Waals surface area contributed by atoms with Gasteiger partial charge in [-0.05, 0) is 30.5 Å².